The predicted octanol–water partition coefficient (Wildman–Crippen LogP) is 3.52. The largest absolute Gasteiger partial charge is 0.390 e. The molecule has 1 aliphatic carbocycles. The first-order chi connectivity index (χ1) is 7.79. The Morgan fingerprint density at radius 1 is 1.19 bits per heavy atom. The number of aliphatic hydroxyl groups excluding tert-OH is 1. The highest BCUT2D eigenvalue weighted by atomic mass is 16.5. The van der Waals surface area contributed by atoms with E-state index >= 15 is 0 Å². The monoisotopic (exact) mass is 228 g/mol. The van der Waals surface area contributed by atoms with E-state index in [1.807, 2.05) is 0 Å². The lowest BCUT2D eigenvalue weighted by Gasteiger charge is -2.32. The van der Waals surface area contributed by atoms with Crippen molar-refractivity contribution in [3.8, 4) is 0 Å². The summed E-state index contributed by atoms with van der Waals surface area (Å²) in [5.41, 5.74) is 0. The SMILES string of the molecule is CCCCCC(O)C(OC)C1CCCCC1. The van der Waals surface area contributed by atoms with Crippen molar-refractivity contribution in [2.45, 2.75) is 76.9 Å². The van der Waals surface area contributed by atoms with Crippen LogP contribution in [-0.2, 0) is 4.74 Å². The van der Waals surface area contributed by atoms with Gasteiger partial charge in [-0.25, -0.2) is 0 Å². The van der Waals surface area contributed by atoms with Gasteiger partial charge in [0, 0.05) is 7.11 Å². The van der Waals surface area contributed by atoms with Gasteiger partial charge in [0.05, 0.1) is 12.2 Å². The summed E-state index contributed by atoms with van der Waals surface area (Å²) in [5, 5.41) is 10.2. The average molecular weight is 228 g/mol. The van der Waals surface area contributed by atoms with E-state index in [1.54, 1.807) is 7.11 Å². The molecule has 0 aromatic heterocycles. The van der Waals surface area contributed by atoms with Crippen molar-refractivity contribution in [1.82, 2.24) is 0 Å². The van der Waals surface area contributed by atoms with Crippen molar-refractivity contribution in [2.75, 3.05) is 7.11 Å². The smallest absolute Gasteiger partial charge is 0.0858 e. The molecule has 0 aromatic rings. The lowest BCUT2D eigenvalue weighted by atomic mass is 9.82. The van der Waals surface area contributed by atoms with E-state index < -0.39 is 0 Å². The molecule has 0 aliphatic heterocycles. The first-order valence-corrected chi connectivity index (χ1v) is 7.00. The van der Waals surface area contributed by atoms with Gasteiger partial charge in [-0.2, -0.15) is 0 Å². The van der Waals surface area contributed by atoms with Gasteiger partial charge in [0.2, 0.25) is 0 Å². The molecule has 16 heavy (non-hydrogen) atoms. The normalized spacial score (nSPS) is 21.9. The van der Waals surface area contributed by atoms with Crippen LogP contribution in [0.2, 0.25) is 0 Å². The summed E-state index contributed by atoms with van der Waals surface area (Å²) in [7, 11) is 1.75. The maximum Gasteiger partial charge on any atom is 0.0858 e. The summed E-state index contributed by atoms with van der Waals surface area (Å²) < 4.78 is 5.53. The van der Waals surface area contributed by atoms with Gasteiger partial charge >= 0.3 is 0 Å². The van der Waals surface area contributed by atoms with E-state index in [0.717, 1.165) is 12.8 Å². The topological polar surface area (TPSA) is 29.5 Å². The van der Waals surface area contributed by atoms with Crippen LogP contribution < -0.4 is 0 Å². The number of methoxy groups -OCH3 is 1. The van der Waals surface area contributed by atoms with E-state index in [0.29, 0.717) is 5.92 Å². The molecule has 0 amide bonds. The molecule has 96 valence electrons. The Kier molecular flexibility index (Phi) is 7.06. The molecule has 0 spiro atoms. The second kappa shape index (κ2) is 8.08. The van der Waals surface area contributed by atoms with Crippen LogP contribution in [0, 0.1) is 5.92 Å². The summed E-state index contributed by atoms with van der Waals surface area (Å²) in [5.74, 6) is 0.593. The fourth-order valence-electron chi connectivity index (χ4n) is 2.89. The minimum atomic E-state index is -0.250. The zero-order valence-electron chi connectivity index (χ0n) is 11.0. The van der Waals surface area contributed by atoms with Gasteiger partial charge in [-0.3, -0.25) is 0 Å². The predicted molar refractivity (Wildman–Crippen MR) is 67.5 cm³/mol. The standard InChI is InChI=1S/C14H28O2/c1-3-4-6-11-13(15)14(16-2)12-9-7-5-8-10-12/h12-15H,3-11H2,1-2H3. The summed E-state index contributed by atoms with van der Waals surface area (Å²) >= 11 is 0. The van der Waals surface area contributed by atoms with Gasteiger partial charge in [-0.15, -0.1) is 0 Å². The van der Waals surface area contributed by atoms with Crippen molar-refractivity contribution < 1.29 is 9.84 Å². The molecule has 2 unspecified atom stereocenters. The first-order valence-electron chi connectivity index (χ1n) is 7.00. The van der Waals surface area contributed by atoms with E-state index in [4.69, 9.17) is 4.74 Å². The summed E-state index contributed by atoms with van der Waals surface area (Å²) in [4.78, 5) is 0. The molecule has 0 aromatic carbocycles. The fraction of sp³-hybridized carbons (Fsp3) is 1.00. The summed E-state index contributed by atoms with van der Waals surface area (Å²) in [6.45, 7) is 2.20. The van der Waals surface area contributed by atoms with E-state index in [-0.39, 0.29) is 12.2 Å². The lowest BCUT2D eigenvalue weighted by Crippen LogP contribution is -2.36. The summed E-state index contributed by atoms with van der Waals surface area (Å²) in [6.07, 6.45) is 10.8. The highest BCUT2D eigenvalue weighted by Gasteiger charge is 2.28. The third-order valence-electron chi connectivity index (χ3n) is 3.87. The zero-order chi connectivity index (χ0) is 11.8. The van der Waals surface area contributed by atoms with Crippen molar-refractivity contribution >= 4 is 0 Å². The van der Waals surface area contributed by atoms with Gasteiger partial charge in [-0.05, 0) is 25.2 Å². The minimum absolute atomic E-state index is 0.0807. The van der Waals surface area contributed by atoms with Crippen LogP contribution in [0.3, 0.4) is 0 Å². The van der Waals surface area contributed by atoms with Gasteiger partial charge in [0.25, 0.3) is 0 Å². The molecule has 0 heterocycles. The number of rotatable bonds is 7. The summed E-state index contributed by atoms with van der Waals surface area (Å²) in [6, 6.07) is 0. The number of aliphatic hydroxyl groups is 1. The van der Waals surface area contributed by atoms with Gasteiger partial charge in [0.15, 0.2) is 0 Å². The van der Waals surface area contributed by atoms with Gasteiger partial charge < -0.3 is 9.84 Å². The number of unbranched alkanes of at least 4 members (excludes halogenated alkanes) is 2. The van der Waals surface area contributed by atoms with Gasteiger partial charge in [0.1, 0.15) is 0 Å². The maximum atomic E-state index is 10.2. The Labute approximate surface area is 100 Å². The molecule has 2 heteroatoms. The zero-order valence-corrected chi connectivity index (χ0v) is 11.0. The molecule has 1 aliphatic rings. The molecule has 0 saturated heterocycles. The Morgan fingerprint density at radius 2 is 1.88 bits per heavy atom. The Balaban J connectivity index is 2.32. The number of hydrogen-bond donors (Lipinski definition) is 1. The molecular formula is C14H28O2. The molecule has 1 N–H and O–H groups in total. The molecule has 1 saturated carbocycles. The molecule has 2 nitrogen and oxygen atoms in total. The molecular weight excluding hydrogens is 200 g/mol. The van der Waals surface area contributed by atoms with Crippen LogP contribution >= 0.6 is 0 Å². The molecule has 2 atom stereocenters. The molecule has 0 bridgehead atoms. The van der Waals surface area contributed by atoms with Crippen molar-refractivity contribution in [2.24, 2.45) is 5.92 Å². The Morgan fingerprint density at radius 3 is 2.44 bits per heavy atom. The lowest BCUT2D eigenvalue weighted by molar-refractivity contribution is -0.0577. The first kappa shape index (κ1) is 14.0. The molecule has 0 radical (unpaired) electrons. The number of ether oxygens (including phenoxy) is 1. The molecule has 1 rings (SSSR count). The van der Waals surface area contributed by atoms with Gasteiger partial charge in [-0.1, -0.05) is 45.4 Å². The van der Waals surface area contributed by atoms with Crippen molar-refractivity contribution in [3.05, 3.63) is 0 Å². The quantitative estimate of drug-likeness (QED) is 0.676. The second-order valence-corrected chi connectivity index (χ2v) is 5.16. The van der Waals surface area contributed by atoms with Crippen LogP contribution in [-0.4, -0.2) is 24.4 Å². The second-order valence-electron chi connectivity index (χ2n) is 5.16. The Hall–Kier alpha value is -0.0800. The highest BCUT2D eigenvalue weighted by Crippen LogP contribution is 2.30. The maximum absolute atomic E-state index is 10.2. The van der Waals surface area contributed by atoms with Crippen molar-refractivity contribution in [3.63, 3.8) is 0 Å². The Bertz CT molecular complexity index is 164. The third kappa shape index (κ3) is 4.42. The highest BCUT2D eigenvalue weighted by molar-refractivity contribution is 4.80. The van der Waals surface area contributed by atoms with Crippen LogP contribution in [0.25, 0.3) is 0 Å². The van der Waals surface area contributed by atoms with E-state index in [2.05, 4.69) is 6.92 Å². The average Bonchev–Trinajstić information content (AvgIpc) is 2.32. The van der Waals surface area contributed by atoms with Crippen LogP contribution in [0.5, 0.6) is 0 Å². The van der Waals surface area contributed by atoms with E-state index in [1.165, 1.54) is 44.9 Å². The van der Waals surface area contributed by atoms with Crippen LogP contribution in [0.4, 0.5) is 0 Å². The molecule has 1 fully saturated rings. The van der Waals surface area contributed by atoms with Crippen LogP contribution in [0.15, 0.2) is 0 Å². The fourth-order valence-corrected chi connectivity index (χ4v) is 2.89. The van der Waals surface area contributed by atoms with E-state index in [9.17, 15) is 5.11 Å². The van der Waals surface area contributed by atoms with Crippen molar-refractivity contribution in [1.29, 1.82) is 0 Å². The minimum Gasteiger partial charge on any atom is -0.390 e. The number of hydrogen-bond acceptors (Lipinski definition) is 2. The third-order valence-corrected chi connectivity index (χ3v) is 3.87. The van der Waals surface area contributed by atoms with Crippen LogP contribution in [0.1, 0.15) is 64.7 Å².